The van der Waals surface area contributed by atoms with E-state index in [1.807, 2.05) is 49.4 Å². The van der Waals surface area contributed by atoms with Crippen LogP contribution < -0.4 is 5.32 Å². The number of benzene rings is 2. The van der Waals surface area contributed by atoms with Gasteiger partial charge < -0.3 is 29.2 Å². The van der Waals surface area contributed by atoms with E-state index >= 15 is 0 Å². The number of rotatable bonds is 10. The fourth-order valence-corrected chi connectivity index (χ4v) is 6.11. The number of esters is 1. The lowest BCUT2D eigenvalue weighted by molar-refractivity contribution is -0.178. The van der Waals surface area contributed by atoms with Crippen molar-refractivity contribution in [2.75, 3.05) is 7.11 Å². The molecule has 2 aromatic heterocycles. The normalized spacial score (nSPS) is 17.8. The predicted octanol–water partition coefficient (Wildman–Crippen LogP) is 5.40. The first-order valence-corrected chi connectivity index (χ1v) is 14.6. The first-order chi connectivity index (χ1) is 20.4. The van der Waals surface area contributed by atoms with Crippen molar-refractivity contribution in [3.63, 3.8) is 0 Å². The number of ether oxygens (including phenoxy) is 2. The molecule has 0 saturated carbocycles. The van der Waals surface area contributed by atoms with Gasteiger partial charge >= 0.3 is 11.9 Å². The van der Waals surface area contributed by atoms with Crippen LogP contribution in [-0.4, -0.2) is 67.0 Å². The molecule has 0 aliphatic carbocycles. The number of methoxy groups -OCH3 is 1. The SMILES string of the molecule is CCC1(C(C)OC(=O)C(C)(C)OC)NC(Cl)=C(C(=O)O)N1Cc1ccc2oc(-c3ccccc3-c3nn[nH]n3)c(Br)c2c1. The molecule has 0 spiro atoms. The van der Waals surface area contributed by atoms with E-state index in [1.165, 1.54) is 7.11 Å². The first-order valence-electron chi connectivity index (χ1n) is 13.4. The summed E-state index contributed by atoms with van der Waals surface area (Å²) in [5, 5.41) is 28.4. The average Bonchev–Trinajstić information content (AvgIpc) is 3.70. The maximum absolute atomic E-state index is 12.9. The fourth-order valence-electron chi connectivity index (χ4n) is 5.16. The number of tetrazole rings is 1. The molecule has 14 heteroatoms. The molecule has 0 fully saturated rings. The quantitative estimate of drug-likeness (QED) is 0.146. The number of nitrogens with one attached hydrogen (secondary N) is 2. The number of halogens is 2. The number of carboxylic acid groups (broad SMARTS) is 1. The Kier molecular flexibility index (Phi) is 8.25. The summed E-state index contributed by atoms with van der Waals surface area (Å²) in [5.41, 5.74) is 0.412. The van der Waals surface area contributed by atoms with E-state index in [-0.39, 0.29) is 17.4 Å². The number of furan rings is 1. The lowest BCUT2D eigenvalue weighted by Gasteiger charge is -2.44. The minimum atomic E-state index is -1.21. The Hall–Kier alpha value is -3.94. The summed E-state index contributed by atoms with van der Waals surface area (Å²) in [6.45, 7) is 6.90. The maximum atomic E-state index is 12.9. The van der Waals surface area contributed by atoms with E-state index in [4.69, 9.17) is 25.5 Å². The molecule has 226 valence electrons. The van der Waals surface area contributed by atoms with Crippen molar-refractivity contribution in [2.45, 2.75) is 58.0 Å². The van der Waals surface area contributed by atoms with Crippen molar-refractivity contribution in [1.29, 1.82) is 0 Å². The molecule has 12 nitrogen and oxygen atoms in total. The van der Waals surface area contributed by atoms with Crippen molar-refractivity contribution in [2.24, 2.45) is 0 Å². The molecule has 2 atom stereocenters. The number of aliphatic carboxylic acids is 1. The molecular weight excluding hydrogens is 644 g/mol. The van der Waals surface area contributed by atoms with Crippen LogP contribution in [0.4, 0.5) is 0 Å². The van der Waals surface area contributed by atoms with Crippen molar-refractivity contribution in [3.8, 4) is 22.7 Å². The summed E-state index contributed by atoms with van der Waals surface area (Å²) in [7, 11) is 1.42. The molecule has 1 aliphatic heterocycles. The van der Waals surface area contributed by atoms with Gasteiger partial charge in [0, 0.05) is 30.2 Å². The van der Waals surface area contributed by atoms with Crippen molar-refractivity contribution >= 4 is 50.4 Å². The predicted molar refractivity (Wildman–Crippen MR) is 161 cm³/mol. The van der Waals surface area contributed by atoms with Crippen LogP contribution in [0.3, 0.4) is 0 Å². The molecule has 0 saturated heterocycles. The molecule has 3 N–H and O–H groups in total. The van der Waals surface area contributed by atoms with Crippen LogP contribution in [0.15, 0.2) is 62.2 Å². The van der Waals surface area contributed by atoms with E-state index in [0.29, 0.717) is 28.1 Å². The van der Waals surface area contributed by atoms with Gasteiger partial charge in [-0.15, -0.1) is 10.2 Å². The number of aromatic nitrogens is 4. The number of carbonyl (C=O) groups excluding carboxylic acids is 1. The Labute approximate surface area is 260 Å². The van der Waals surface area contributed by atoms with Gasteiger partial charge in [0.2, 0.25) is 5.82 Å². The molecule has 4 aromatic rings. The van der Waals surface area contributed by atoms with Gasteiger partial charge in [0.15, 0.2) is 11.3 Å². The third-order valence-corrected chi connectivity index (χ3v) is 8.84. The van der Waals surface area contributed by atoms with E-state index in [2.05, 4.69) is 41.9 Å². The third kappa shape index (κ3) is 5.36. The molecular formula is C29H30BrClN6O6. The number of carbonyl (C=O) groups is 2. The summed E-state index contributed by atoms with van der Waals surface area (Å²) < 4.78 is 18.1. The van der Waals surface area contributed by atoms with E-state index in [9.17, 15) is 14.7 Å². The highest BCUT2D eigenvalue weighted by Gasteiger charge is 2.52. The van der Waals surface area contributed by atoms with Crippen LogP contribution >= 0.6 is 27.5 Å². The van der Waals surface area contributed by atoms with Crippen molar-refractivity contribution in [1.82, 2.24) is 30.8 Å². The smallest absolute Gasteiger partial charge is 0.355 e. The number of carboxylic acids is 1. The standard InChI is InChI=1S/C29H30BrClN6O6/c1-6-29(15(2)42-27(40)28(3,4)41-5)32-24(31)22(26(38)39)37(29)14-16-11-12-20-19(13-16)21(30)23(43-20)17-9-7-8-10-18(17)25-33-35-36-34-25/h7-13,15,32H,6,14H2,1-5H3,(H,38,39)(H,33,34,35,36). The first kappa shape index (κ1) is 30.5. The van der Waals surface area contributed by atoms with Crippen LogP contribution in [0.25, 0.3) is 33.7 Å². The Morgan fingerprint density at radius 3 is 2.58 bits per heavy atom. The second-order valence-corrected chi connectivity index (χ2v) is 11.7. The minimum absolute atomic E-state index is 0.0471. The van der Waals surface area contributed by atoms with Crippen LogP contribution in [0.5, 0.6) is 0 Å². The third-order valence-electron chi connectivity index (χ3n) is 7.78. The van der Waals surface area contributed by atoms with Gasteiger partial charge in [-0.25, -0.2) is 9.59 Å². The highest BCUT2D eigenvalue weighted by atomic mass is 79.9. The zero-order valence-corrected chi connectivity index (χ0v) is 26.4. The number of hydrogen-bond acceptors (Lipinski definition) is 10. The lowest BCUT2D eigenvalue weighted by Crippen LogP contribution is -2.61. The number of fused-ring (bicyclic) bond motifs is 1. The minimum Gasteiger partial charge on any atom is -0.476 e. The van der Waals surface area contributed by atoms with Gasteiger partial charge in [0.25, 0.3) is 0 Å². The Balaban J connectivity index is 1.53. The maximum Gasteiger partial charge on any atom is 0.355 e. The van der Waals surface area contributed by atoms with E-state index in [0.717, 1.165) is 22.1 Å². The summed E-state index contributed by atoms with van der Waals surface area (Å²) in [6.07, 6.45) is -0.459. The molecule has 43 heavy (non-hydrogen) atoms. The summed E-state index contributed by atoms with van der Waals surface area (Å²) in [4.78, 5) is 27.0. The Morgan fingerprint density at radius 1 is 1.23 bits per heavy atom. The Morgan fingerprint density at radius 2 is 1.95 bits per heavy atom. The number of aromatic amines is 1. The second kappa shape index (κ2) is 11.6. The van der Waals surface area contributed by atoms with Crippen molar-refractivity contribution < 1.29 is 28.6 Å². The number of hydrogen-bond donors (Lipinski definition) is 3. The molecule has 0 radical (unpaired) electrons. The second-order valence-electron chi connectivity index (χ2n) is 10.6. The molecule has 0 bridgehead atoms. The van der Waals surface area contributed by atoms with Crippen LogP contribution in [0, 0.1) is 0 Å². The van der Waals surface area contributed by atoms with Crippen LogP contribution in [-0.2, 0) is 25.6 Å². The number of nitrogens with zero attached hydrogens (tertiary/aromatic N) is 4. The summed E-state index contributed by atoms with van der Waals surface area (Å²) >= 11 is 10.2. The van der Waals surface area contributed by atoms with Crippen LogP contribution in [0.1, 0.15) is 39.7 Å². The lowest BCUT2D eigenvalue weighted by atomic mass is 9.97. The zero-order chi connectivity index (χ0) is 31.1. The summed E-state index contributed by atoms with van der Waals surface area (Å²) in [5.74, 6) is -0.799. The van der Waals surface area contributed by atoms with Gasteiger partial charge in [-0.05, 0) is 66.0 Å². The zero-order valence-electron chi connectivity index (χ0n) is 24.1. The number of H-pyrrole nitrogens is 1. The molecule has 1 aliphatic rings. The van der Waals surface area contributed by atoms with Gasteiger partial charge in [-0.1, -0.05) is 48.9 Å². The topological polar surface area (TPSA) is 156 Å². The van der Waals surface area contributed by atoms with Crippen molar-refractivity contribution in [3.05, 3.63) is 63.4 Å². The van der Waals surface area contributed by atoms with Gasteiger partial charge in [0.05, 0.1) is 4.47 Å². The monoisotopic (exact) mass is 672 g/mol. The molecule has 3 heterocycles. The summed E-state index contributed by atoms with van der Waals surface area (Å²) in [6, 6.07) is 13.1. The molecule has 5 rings (SSSR count). The van der Waals surface area contributed by atoms with Gasteiger partial charge in [-0.3, -0.25) is 0 Å². The molecule has 2 unspecified atom stereocenters. The van der Waals surface area contributed by atoms with Gasteiger partial charge in [-0.2, -0.15) is 5.21 Å². The highest BCUT2D eigenvalue weighted by Crippen LogP contribution is 2.43. The highest BCUT2D eigenvalue weighted by molar-refractivity contribution is 9.10. The van der Waals surface area contributed by atoms with E-state index < -0.39 is 29.3 Å². The van der Waals surface area contributed by atoms with E-state index in [1.54, 1.807) is 25.7 Å². The fraction of sp³-hybridized carbons (Fsp3) is 0.345. The molecule has 0 amide bonds. The van der Waals surface area contributed by atoms with Gasteiger partial charge in [0.1, 0.15) is 28.3 Å². The Bertz CT molecular complexity index is 1720. The van der Waals surface area contributed by atoms with Crippen LogP contribution in [0.2, 0.25) is 0 Å². The average molecular weight is 674 g/mol. The largest absolute Gasteiger partial charge is 0.476 e. The molecule has 2 aromatic carbocycles.